The maximum absolute atomic E-state index is 12.9. The highest BCUT2D eigenvalue weighted by atomic mass is 19.4. The number of hydrogen-bond acceptors (Lipinski definition) is 3. The standard InChI is InChI=1S/C24H20F3N3O2/c1-30-20-10-6-5-9-19(20)28-23(30)22(17-7-3-2-4-8-17)29-21(31)15-16-11-13-18(14-12-16)32-24(25,26)27/h2-14,22H,15H2,1H3,(H,29,31). The molecule has 8 heteroatoms. The number of nitrogens with zero attached hydrogens (tertiary/aromatic N) is 2. The van der Waals surface area contributed by atoms with Gasteiger partial charge in [0.2, 0.25) is 5.91 Å². The number of ether oxygens (including phenoxy) is 1. The van der Waals surface area contributed by atoms with E-state index >= 15 is 0 Å². The molecule has 1 aromatic heterocycles. The lowest BCUT2D eigenvalue weighted by molar-refractivity contribution is -0.274. The monoisotopic (exact) mass is 439 g/mol. The molecule has 164 valence electrons. The van der Waals surface area contributed by atoms with Crippen LogP contribution in [0.15, 0.2) is 78.9 Å². The van der Waals surface area contributed by atoms with Crippen molar-refractivity contribution in [3.8, 4) is 5.75 Å². The Kier molecular flexibility index (Phi) is 5.85. The van der Waals surface area contributed by atoms with Crippen molar-refractivity contribution in [3.05, 3.63) is 95.8 Å². The van der Waals surface area contributed by atoms with Gasteiger partial charge in [0.25, 0.3) is 0 Å². The van der Waals surface area contributed by atoms with Gasteiger partial charge in [-0.05, 0) is 35.4 Å². The lowest BCUT2D eigenvalue weighted by atomic mass is 10.1. The third-order valence-electron chi connectivity index (χ3n) is 5.04. The van der Waals surface area contributed by atoms with Crippen molar-refractivity contribution in [2.24, 2.45) is 7.05 Å². The first-order valence-corrected chi connectivity index (χ1v) is 9.90. The number of halogens is 3. The zero-order chi connectivity index (χ0) is 22.7. The summed E-state index contributed by atoms with van der Waals surface area (Å²) in [6, 6.07) is 21.9. The zero-order valence-electron chi connectivity index (χ0n) is 17.1. The molecule has 0 saturated heterocycles. The molecule has 1 N–H and O–H groups in total. The maximum atomic E-state index is 12.9. The summed E-state index contributed by atoms with van der Waals surface area (Å²) >= 11 is 0. The average molecular weight is 439 g/mol. The third-order valence-corrected chi connectivity index (χ3v) is 5.04. The van der Waals surface area contributed by atoms with Crippen molar-refractivity contribution in [2.45, 2.75) is 18.8 Å². The molecule has 1 heterocycles. The molecule has 32 heavy (non-hydrogen) atoms. The number of carbonyl (C=O) groups is 1. The molecule has 0 saturated carbocycles. The minimum absolute atomic E-state index is 0.000422. The van der Waals surface area contributed by atoms with Gasteiger partial charge in [0.15, 0.2) is 0 Å². The molecule has 1 unspecified atom stereocenters. The smallest absolute Gasteiger partial charge is 0.406 e. The van der Waals surface area contributed by atoms with Crippen LogP contribution in [0.5, 0.6) is 5.75 Å². The van der Waals surface area contributed by atoms with Gasteiger partial charge in [0.05, 0.1) is 17.5 Å². The molecule has 4 rings (SSSR count). The van der Waals surface area contributed by atoms with E-state index in [1.165, 1.54) is 24.3 Å². The zero-order valence-corrected chi connectivity index (χ0v) is 17.1. The fourth-order valence-corrected chi connectivity index (χ4v) is 3.57. The molecular weight excluding hydrogens is 419 g/mol. The van der Waals surface area contributed by atoms with E-state index in [1.807, 2.05) is 66.2 Å². The molecule has 3 aromatic carbocycles. The fraction of sp³-hybridized carbons (Fsp3) is 0.167. The molecule has 1 amide bonds. The first-order valence-electron chi connectivity index (χ1n) is 9.90. The summed E-state index contributed by atoms with van der Waals surface area (Å²) in [4.78, 5) is 17.6. The van der Waals surface area contributed by atoms with Crippen LogP contribution in [-0.4, -0.2) is 21.8 Å². The Labute approximate surface area is 182 Å². The van der Waals surface area contributed by atoms with Gasteiger partial charge in [-0.25, -0.2) is 4.98 Å². The number of alkyl halides is 3. The van der Waals surface area contributed by atoms with Crippen molar-refractivity contribution in [1.29, 1.82) is 0 Å². The summed E-state index contributed by atoms with van der Waals surface area (Å²) < 4.78 is 42.8. The molecule has 0 aliphatic rings. The Morgan fingerprint density at radius 2 is 1.66 bits per heavy atom. The van der Waals surface area contributed by atoms with Crippen LogP contribution in [0.1, 0.15) is 23.0 Å². The van der Waals surface area contributed by atoms with E-state index in [-0.39, 0.29) is 18.1 Å². The van der Waals surface area contributed by atoms with E-state index in [9.17, 15) is 18.0 Å². The number of carbonyl (C=O) groups excluding carboxylic acids is 1. The largest absolute Gasteiger partial charge is 0.573 e. The molecule has 0 fully saturated rings. The highest BCUT2D eigenvalue weighted by molar-refractivity contribution is 5.80. The van der Waals surface area contributed by atoms with Crippen LogP contribution in [0, 0.1) is 0 Å². The normalized spacial score (nSPS) is 12.5. The fourth-order valence-electron chi connectivity index (χ4n) is 3.57. The Balaban J connectivity index is 1.56. The van der Waals surface area contributed by atoms with Gasteiger partial charge < -0.3 is 14.6 Å². The number of imidazole rings is 1. The van der Waals surface area contributed by atoms with Gasteiger partial charge >= 0.3 is 6.36 Å². The molecule has 5 nitrogen and oxygen atoms in total. The average Bonchev–Trinajstić information content (AvgIpc) is 3.09. The minimum Gasteiger partial charge on any atom is -0.406 e. The second-order valence-corrected chi connectivity index (χ2v) is 7.30. The maximum Gasteiger partial charge on any atom is 0.573 e. The van der Waals surface area contributed by atoms with Gasteiger partial charge in [0, 0.05) is 7.05 Å². The van der Waals surface area contributed by atoms with Gasteiger partial charge in [-0.1, -0.05) is 54.6 Å². The van der Waals surface area contributed by atoms with Gasteiger partial charge in [-0.15, -0.1) is 13.2 Å². The van der Waals surface area contributed by atoms with Crippen molar-refractivity contribution >= 4 is 16.9 Å². The summed E-state index contributed by atoms with van der Waals surface area (Å²) in [5.74, 6) is 0.0681. The molecule has 1 atom stereocenters. The predicted molar refractivity (Wildman–Crippen MR) is 114 cm³/mol. The summed E-state index contributed by atoms with van der Waals surface area (Å²) in [5.41, 5.74) is 3.19. The first kappa shape index (κ1) is 21.4. The van der Waals surface area contributed by atoms with Gasteiger partial charge in [0.1, 0.15) is 17.6 Å². The lowest BCUT2D eigenvalue weighted by Crippen LogP contribution is -2.32. The molecule has 0 aliphatic carbocycles. The van der Waals surface area contributed by atoms with E-state index in [1.54, 1.807) is 0 Å². The number of fused-ring (bicyclic) bond motifs is 1. The Hall–Kier alpha value is -3.81. The van der Waals surface area contributed by atoms with Crippen LogP contribution >= 0.6 is 0 Å². The molecule has 0 radical (unpaired) electrons. The summed E-state index contributed by atoms with van der Waals surface area (Å²) in [6.07, 6.45) is -4.76. The highest BCUT2D eigenvalue weighted by Crippen LogP contribution is 2.26. The lowest BCUT2D eigenvalue weighted by Gasteiger charge is -2.19. The number of aromatic nitrogens is 2. The van der Waals surface area contributed by atoms with E-state index in [4.69, 9.17) is 4.98 Å². The van der Waals surface area contributed by atoms with Gasteiger partial charge in [-0.2, -0.15) is 0 Å². The number of benzene rings is 3. The number of aryl methyl sites for hydroxylation is 1. The molecule has 0 aliphatic heterocycles. The molecular formula is C24H20F3N3O2. The summed E-state index contributed by atoms with van der Waals surface area (Å²) in [7, 11) is 1.89. The van der Waals surface area contributed by atoms with Crippen molar-refractivity contribution in [2.75, 3.05) is 0 Å². The van der Waals surface area contributed by atoms with E-state index < -0.39 is 12.4 Å². The number of para-hydroxylation sites is 2. The summed E-state index contributed by atoms with van der Waals surface area (Å²) in [5, 5.41) is 3.02. The number of amides is 1. The second-order valence-electron chi connectivity index (χ2n) is 7.30. The van der Waals surface area contributed by atoms with Crippen LogP contribution < -0.4 is 10.1 Å². The topological polar surface area (TPSA) is 56.2 Å². The molecule has 0 bridgehead atoms. The van der Waals surface area contributed by atoms with Crippen LogP contribution in [0.25, 0.3) is 11.0 Å². The minimum atomic E-state index is -4.76. The van der Waals surface area contributed by atoms with Crippen LogP contribution in [0.4, 0.5) is 13.2 Å². The van der Waals surface area contributed by atoms with Crippen molar-refractivity contribution in [3.63, 3.8) is 0 Å². The highest BCUT2D eigenvalue weighted by Gasteiger charge is 2.31. The SMILES string of the molecule is Cn1c(C(NC(=O)Cc2ccc(OC(F)(F)F)cc2)c2ccccc2)nc2ccccc21. The van der Waals surface area contributed by atoms with E-state index in [0.717, 1.165) is 16.6 Å². The van der Waals surface area contributed by atoms with Crippen molar-refractivity contribution < 1.29 is 22.7 Å². The Morgan fingerprint density at radius 3 is 2.31 bits per heavy atom. The van der Waals surface area contributed by atoms with Crippen molar-refractivity contribution in [1.82, 2.24) is 14.9 Å². The third kappa shape index (κ3) is 4.91. The number of rotatable bonds is 6. The Morgan fingerprint density at radius 1 is 1.00 bits per heavy atom. The van der Waals surface area contributed by atoms with E-state index in [0.29, 0.717) is 11.4 Å². The predicted octanol–water partition coefficient (Wildman–Crippen LogP) is 4.92. The quantitative estimate of drug-likeness (QED) is 0.464. The summed E-state index contributed by atoms with van der Waals surface area (Å²) in [6.45, 7) is 0. The Bertz CT molecular complexity index is 1220. The van der Waals surface area contributed by atoms with Gasteiger partial charge in [-0.3, -0.25) is 4.79 Å². The first-order chi connectivity index (χ1) is 15.3. The number of hydrogen-bond donors (Lipinski definition) is 1. The second kappa shape index (κ2) is 8.74. The van der Waals surface area contributed by atoms with Crippen LogP contribution in [0.3, 0.4) is 0 Å². The van der Waals surface area contributed by atoms with Crippen LogP contribution in [0.2, 0.25) is 0 Å². The molecule has 0 spiro atoms. The number of nitrogens with one attached hydrogen (secondary N) is 1. The molecule has 4 aromatic rings. The van der Waals surface area contributed by atoms with E-state index in [2.05, 4.69) is 10.1 Å². The van der Waals surface area contributed by atoms with Crippen LogP contribution in [-0.2, 0) is 18.3 Å².